The molecule has 3 heteroatoms. The first-order chi connectivity index (χ1) is 6.27. The van der Waals surface area contributed by atoms with Crippen LogP contribution in [-0.4, -0.2) is 16.9 Å². The van der Waals surface area contributed by atoms with Crippen LogP contribution in [0.15, 0.2) is 11.6 Å². The maximum atomic E-state index is 10.2. The van der Waals surface area contributed by atoms with E-state index in [1.165, 1.54) is 13.8 Å². The number of aliphatic carboxylic acids is 1. The van der Waals surface area contributed by atoms with Crippen LogP contribution in [0.1, 0.15) is 41.0 Å². The Morgan fingerprint density at radius 1 is 1.21 bits per heavy atom. The van der Waals surface area contributed by atoms with Gasteiger partial charge in [0.05, 0.1) is 0 Å². The van der Waals surface area contributed by atoms with Crippen molar-refractivity contribution < 1.29 is 14.7 Å². The summed E-state index contributed by atoms with van der Waals surface area (Å²) in [6, 6.07) is 0. The van der Waals surface area contributed by atoms with Gasteiger partial charge in [-0.1, -0.05) is 19.9 Å². The van der Waals surface area contributed by atoms with Crippen LogP contribution >= 0.6 is 0 Å². The first-order valence-corrected chi connectivity index (χ1v) is 4.64. The van der Waals surface area contributed by atoms with Crippen molar-refractivity contribution in [2.75, 3.05) is 0 Å². The molecular weight excluding hydrogens is 180 g/mol. The van der Waals surface area contributed by atoms with Gasteiger partial charge >= 0.3 is 5.97 Å². The summed E-state index contributed by atoms with van der Waals surface area (Å²) in [6.45, 7) is 8.79. The molecule has 0 heterocycles. The van der Waals surface area contributed by atoms with Gasteiger partial charge in [0.1, 0.15) is 5.78 Å². The van der Waals surface area contributed by atoms with Crippen molar-refractivity contribution in [3.8, 4) is 0 Å². The second-order valence-electron chi connectivity index (χ2n) is 3.73. The van der Waals surface area contributed by atoms with Crippen LogP contribution < -0.4 is 0 Å². The zero-order chi connectivity index (χ0) is 11.7. The molecule has 0 bridgehead atoms. The fraction of sp³-hybridized carbons (Fsp3) is 0.636. The lowest BCUT2D eigenvalue weighted by atomic mass is 10.1. The molecule has 0 aromatic rings. The van der Waals surface area contributed by atoms with Crippen molar-refractivity contribution in [2.24, 2.45) is 5.92 Å². The van der Waals surface area contributed by atoms with Gasteiger partial charge in [-0.25, -0.2) is 4.79 Å². The number of hydrogen-bond acceptors (Lipinski definition) is 2. The topological polar surface area (TPSA) is 54.4 Å². The number of carboxylic acid groups (broad SMARTS) is 1. The molecule has 0 aromatic heterocycles. The molecule has 3 nitrogen and oxygen atoms in total. The summed E-state index contributed by atoms with van der Waals surface area (Å²) in [6.07, 6.45) is 2.60. The Bertz CT molecular complexity index is 211. The number of allylic oxidation sites excluding steroid dienone is 1. The van der Waals surface area contributed by atoms with E-state index in [-0.39, 0.29) is 5.78 Å². The normalized spacial score (nSPS) is 10.6. The molecule has 82 valence electrons. The third kappa shape index (κ3) is 17.1. The Morgan fingerprint density at radius 2 is 1.57 bits per heavy atom. The maximum Gasteiger partial charge on any atom is 0.330 e. The smallest absolute Gasteiger partial charge is 0.330 e. The van der Waals surface area contributed by atoms with E-state index in [9.17, 15) is 9.59 Å². The fourth-order valence-corrected chi connectivity index (χ4v) is 0.500. The molecule has 0 atom stereocenters. The first-order valence-electron chi connectivity index (χ1n) is 4.64. The summed E-state index contributed by atoms with van der Waals surface area (Å²) in [7, 11) is 0. The van der Waals surface area contributed by atoms with Gasteiger partial charge in [-0.15, -0.1) is 0 Å². The first kappa shape index (κ1) is 15.4. The van der Waals surface area contributed by atoms with Crippen LogP contribution in [0.3, 0.4) is 0 Å². The second-order valence-corrected chi connectivity index (χ2v) is 3.73. The average molecular weight is 200 g/mol. The van der Waals surface area contributed by atoms with Crippen molar-refractivity contribution in [1.82, 2.24) is 0 Å². The lowest BCUT2D eigenvalue weighted by Gasteiger charge is -1.97. The zero-order valence-electron chi connectivity index (χ0n) is 9.63. The number of hydrogen-bond donors (Lipinski definition) is 1. The van der Waals surface area contributed by atoms with Crippen LogP contribution in [0.5, 0.6) is 0 Å². The van der Waals surface area contributed by atoms with Crippen LogP contribution in [-0.2, 0) is 9.59 Å². The molecule has 1 N–H and O–H groups in total. The number of Topliss-reactive ketones (excluding diaryl/α,β-unsaturated/α-hetero) is 1. The standard InChI is InChI=1S/C8H14O2.C3H6O/c1-6(2)4-5-7(3)8(9)10;1-3(2)4/h5-6H,4H2,1-3H3,(H,9,10);1-2H3. The van der Waals surface area contributed by atoms with Crippen molar-refractivity contribution in [3.05, 3.63) is 11.6 Å². The molecule has 0 aliphatic carbocycles. The number of rotatable bonds is 3. The molecule has 0 amide bonds. The number of carboxylic acids is 1. The molecule has 0 saturated heterocycles. The largest absolute Gasteiger partial charge is 0.478 e. The summed E-state index contributed by atoms with van der Waals surface area (Å²) < 4.78 is 0. The van der Waals surface area contributed by atoms with Crippen molar-refractivity contribution in [3.63, 3.8) is 0 Å². The third-order valence-electron chi connectivity index (χ3n) is 1.23. The van der Waals surface area contributed by atoms with Gasteiger partial charge in [-0.05, 0) is 33.1 Å². The van der Waals surface area contributed by atoms with Gasteiger partial charge in [0.15, 0.2) is 0 Å². The van der Waals surface area contributed by atoms with E-state index in [1.54, 1.807) is 13.0 Å². The summed E-state index contributed by atoms with van der Waals surface area (Å²) in [5.41, 5.74) is 0.439. The van der Waals surface area contributed by atoms with Crippen LogP contribution in [0.4, 0.5) is 0 Å². The Labute approximate surface area is 85.8 Å². The summed E-state index contributed by atoms with van der Waals surface area (Å²) in [4.78, 5) is 19.7. The molecule has 0 aliphatic rings. The zero-order valence-corrected chi connectivity index (χ0v) is 9.63. The molecule has 14 heavy (non-hydrogen) atoms. The van der Waals surface area contributed by atoms with Gasteiger partial charge in [0, 0.05) is 5.57 Å². The van der Waals surface area contributed by atoms with Gasteiger partial charge in [-0.2, -0.15) is 0 Å². The maximum absolute atomic E-state index is 10.2. The SMILES string of the molecule is CC(=CCC(C)C)C(=O)O.CC(C)=O. The van der Waals surface area contributed by atoms with E-state index in [1.807, 2.05) is 0 Å². The quantitative estimate of drug-likeness (QED) is 0.712. The Morgan fingerprint density at radius 3 is 1.79 bits per heavy atom. The van der Waals surface area contributed by atoms with Crippen LogP contribution in [0.2, 0.25) is 0 Å². The molecule has 0 unspecified atom stereocenters. The molecule has 0 rings (SSSR count). The number of carbonyl (C=O) groups is 2. The van der Waals surface area contributed by atoms with E-state index in [0.29, 0.717) is 11.5 Å². The Hall–Kier alpha value is -1.12. The lowest BCUT2D eigenvalue weighted by molar-refractivity contribution is -0.132. The predicted molar refractivity (Wildman–Crippen MR) is 57.2 cm³/mol. The Kier molecular flexibility index (Phi) is 9.30. The summed E-state index contributed by atoms with van der Waals surface area (Å²) >= 11 is 0. The minimum atomic E-state index is -0.819. The van der Waals surface area contributed by atoms with Gasteiger partial charge < -0.3 is 9.90 Å². The van der Waals surface area contributed by atoms with Gasteiger partial charge in [0.25, 0.3) is 0 Å². The second kappa shape index (κ2) is 8.48. The van der Waals surface area contributed by atoms with Crippen LogP contribution in [0, 0.1) is 5.92 Å². The number of carbonyl (C=O) groups excluding carboxylic acids is 1. The average Bonchev–Trinajstić information content (AvgIpc) is 1.98. The summed E-state index contributed by atoms with van der Waals surface area (Å²) in [5, 5.41) is 8.43. The minimum absolute atomic E-state index is 0.167. The molecule has 0 saturated carbocycles. The van der Waals surface area contributed by atoms with Crippen molar-refractivity contribution >= 4 is 11.8 Å². The van der Waals surface area contributed by atoms with Gasteiger partial charge in [0.2, 0.25) is 0 Å². The van der Waals surface area contributed by atoms with E-state index in [2.05, 4.69) is 13.8 Å². The minimum Gasteiger partial charge on any atom is -0.478 e. The van der Waals surface area contributed by atoms with Crippen molar-refractivity contribution in [2.45, 2.75) is 41.0 Å². The molecule has 0 radical (unpaired) electrons. The van der Waals surface area contributed by atoms with Gasteiger partial charge in [-0.3, -0.25) is 0 Å². The lowest BCUT2D eigenvalue weighted by Crippen LogP contribution is -1.96. The highest BCUT2D eigenvalue weighted by atomic mass is 16.4. The van der Waals surface area contributed by atoms with E-state index >= 15 is 0 Å². The van der Waals surface area contributed by atoms with Crippen LogP contribution in [0.25, 0.3) is 0 Å². The number of ketones is 1. The van der Waals surface area contributed by atoms with E-state index in [4.69, 9.17) is 5.11 Å². The molecule has 0 fully saturated rings. The third-order valence-corrected chi connectivity index (χ3v) is 1.23. The van der Waals surface area contributed by atoms with E-state index in [0.717, 1.165) is 6.42 Å². The highest BCUT2D eigenvalue weighted by Gasteiger charge is 1.98. The van der Waals surface area contributed by atoms with E-state index < -0.39 is 5.97 Å². The molecular formula is C11H20O3. The summed E-state index contributed by atoms with van der Waals surface area (Å²) in [5.74, 6) is -0.116. The molecule has 0 spiro atoms. The Balaban J connectivity index is 0. The highest BCUT2D eigenvalue weighted by Crippen LogP contribution is 2.03. The van der Waals surface area contributed by atoms with Crippen molar-refractivity contribution in [1.29, 1.82) is 0 Å². The molecule has 0 aromatic carbocycles. The predicted octanol–water partition coefficient (Wildman–Crippen LogP) is 2.66. The molecule has 0 aliphatic heterocycles. The highest BCUT2D eigenvalue weighted by molar-refractivity contribution is 5.85. The fourth-order valence-electron chi connectivity index (χ4n) is 0.500. The monoisotopic (exact) mass is 200 g/mol.